The average Bonchev–Trinajstić information content (AvgIpc) is 2.75. The average molecular weight is 440 g/mol. The second-order valence-corrected chi connectivity index (χ2v) is 6.54. The number of esters is 2. The van der Waals surface area contributed by atoms with E-state index in [0.717, 1.165) is 0 Å². The number of dihydropyridines is 1. The number of carbonyl (C=O) groups excluding carboxylic acids is 2. The van der Waals surface area contributed by atoms with E-state index in [-0.39, 0.29) is 18.8 Å². The van der Waals surface area contributed by atoms with Crippen LogP contribution >= 0.6 is 11.6 Å². The van der Waals surface area contributed by atoms with Crippen LogP contribution in [0.15, 0.2) is 46.8 Å². The van der Waals surface area contributed by atoms with Crippen molar-refractivity contribution in [3.63, 3.8) is 0 Å². The number of hydrogen-bond donors (Lipinski definition) is 2. The van der Waals surface area contributed by atoms with E-state index in [1.54, 1.807) is 38.1 Å². The summed E-state index contributed by atoms with van der Waals surface area (Å²) in [5.41, 5.74) is 6.05. The number of hydrogen-bond acceptors (Lipinski definition) is 6. The number of halogens is 1. The molecular formula is C22H32ClN2O5+. The van der Waals surface area contributed by atoms with Crippen molar-refractivity contribution in [2.75, 3.05) is 33.5 Å². The SMILES string of the molecule is CC.CCOC(=O)C1=C(COCC[NH3+])NC(C)=C(C(=O)OC)C1c1ccccc1Cl. The van der Waals surface area contributed by atoms with E-state index in [4.69, 9.17) is 25.8 Å². The van der Waals surface area contributed by atoms with Crippen molar-refractivity contribution in [3.05, 3.63) is 57.4 Å². The lowest BCUT2D eigenvalue weighted by Gasteiger charge is -2.31. The highest BCUT2D eigenvalue weighted by molar-refractivity contribution is 6.31. The Bertz CT molecular complexity index is 804. The summed E-state index contributed by atoms with van der Waals surface area (Å²) in [5.74, 6) is -1.82. The maximum Gasteiger partial charge on any atom is 0.336 e. The van der Waals surface area contributed by atoms with E-state index < -0.39 is 17.9 Å². The van der Waals surface area contributed by atoms with Crippen molar-refractivity contribution in [2.45, 2.75) is 33.6 Å². The molecule has 0 bridgehead atoms. The molecule has 1 aliphatic rings. The first kappa shape index (κ1) is 25.7. The Morgan fingerprint density at radius 1 is 1.17 bits per heavy atom. The molecule has 0 saturated heterocycles. The number of ether oxygens (including phenoxy) is 3. The van der Waals surface area contributed by atoms with Gasteiger partial charge in [0.25, 0.3) is 0 Å². The second-order valence-electron chi connectivity index (χ2n) is 6.13. The fourth-order valence-electron chi connectivity index (χ4n) is 3.14. The summed E-state index contributed by atoms with van der Waals surface area (Å²) in [4.78, 5) is 25.5. The van der Waals surface area contributed by atoms with Crippen molar-refractivity contribution in [2.24, 2.45) is 0 Å². The molecule has 166 valence electrons. The molecular weight excluding hydrogens is 408 g/mol. The quantitative estimate of drug-likeness (QED) is 0.477. The van der Waals surface area contributed by atoms with Gasteiger partial charge < -0.3 is 25.3 Å². The molecule has 1 aliphatic heterocycles. The highest BCUT2D eigenvalue weighted by Crippen LogP contribution is 2.41. The first-order valence-corrected chi connectivity index (χ1v) is 10.4. The van der Waals surface area contributed by atoms with E-state index in [0.29, 0.717) is 40.7 Å². The summed E-state index contributed by atoms with van der Waals surface area (Å²) in [7, 11) is 1.30. The molecule has 1 aromatic carbocycles. The summed E-state index contributed by atoms with van der Waals surface area (Å²) < 4.78 is 15.9. The molecule has 0 saturated carbocycles. The molecule has 7 nitrogen and oxygen atoms in total. The van der Waals surface area contributed by atoms with Gasteiger partial charge in [-0.3, -0.25) is 0 Å². The van der Waals surface area contributed by atoms with E-state index in [1.165, 1.54) is 7.11 Å². The van der Waals surface area contributed by atoms with Crippen LogP contribution in [0.4, 0.5) is 0 Å². The molecule has 1 aromatic rings. The van der Waals surface area contributed by atoms with Crippen LogP contribution in [0.3, 0.4) is 0 Å². The predicted molar refractivity (Wildman–Crippen MR) is 116 cm³/mol. The van der Waals surface area contributed by atoms with Gasteiger partial charge in [-0.2, -0.15) is 0 Å². The standard InChI is InChI=1S/C20H25ClN2O5.C2H6/c1-4-28-20(25)18-15(11-27-10-9-22)23-12(2)16(19(24)26-3)17(18)13-7-5-6-8-14(13)21;1-2/h5-8,17,23H,4,9-11,22H2,1-3H3;1-2H3/p+1. The minimum Gasteiger partial charge on any atom is -0.466 e. The van der Waals surface area contributed by atoms with Crippen LogP contribution in [0, 0.1) is 0 Å². The van der Waals surface area contributed by atoms with Gasteiger partial charge in [0.2, 0.25) is 0 Å². The smallest absolute Gasteiger partial charge is 0.336 e. The van der Waals surface area contributed by atoms with Crippen molar-refractivity contribution in [3.8, 4) is 0 Å². The largest absolute Gasteiger partial charge is 0.466 e. The summed E-state index contributed by atoms with van der Waals surface area (Å²) in [6.07, 6.45) is 0. The lowest BCUT2D eigenvalue weighted by Crippen LogP contribution is -2.52. The van der Waals surface area contributed by atoms with E-state index in [9.17, 15) is 9.59 Å². The molecule has 4 N–H and O–H groups in total. The number of methoxy groups -OCH3 is 1. The van der Waals surface area contributed by atoms with Gasteiger partial charge in [-0.25, -0.2) is 9.59 Å². The molecule has 0 amide bonds. The third-order valence-electron chi connectivity index (χ3n) is 4.30. The monoisotopic (exact) mass is 439 g/mol. The summed E-state index contributed by atoms with van der Waals surface area (Å²) in [6, 6.07) is 7.08. The summed E-state index contributed by atoms with van der Waals surface area (Å²) in [5, 5.41) is 3.55. The van der Waals surface area contributed by atoms with E-state index >= 15 is 0 Å². The van der Waals surface area contributed by atoms with Crippen molar-refractivity contribution < 1.29 is 29.5 Å². The second kappa shape index (κ2) is 13.1. The summed E-state index contributed by atoms with van der Waals surface area (Å²) >= 11 is 6.43. The van der Waals surface area contributed by atoms with Crippen molar-refractivity contribution in [1.29, 1.82) is 0 Å². The predicted octanol–water partition coefficient (Wildman–Crippen LogP) is 2.58. The highest BCUT2D eigenvalue weighted by Gasteiger charge is 2.39. The zero-order valence-electron chi connectivity index (χ0n) is 18.3. The van der Waals surface area contributed by atoms with Gasteiger partial charge in [0.05, 0.1) is 56.2 Å². The number of nitrogens with one attached hydrogen (secondary N) is 1. The topological polar surface area (TPSA) is 102 Å². The minimum atomic E-state index is -0.736. The fourth-order valence-corrected chi connectivity index (χ4v) is 3.38. The zero-order chi connectivity index (χ0) is 22.7. The van der Waals surface area contributed by atoms with Gasteiger partial charge in [-0.05, 0) is 25.5 Å². The molecule has 0 fully saturated rings. The molecule has 0 spiro atoms. The van der Waals surface area contributed by atoms with Crippen LogP contribution in [-0.2, 0) is 23.8 Å². The Labute approximate surface area is 183 Å². The van der Waals surface area contributed by atoms with Gasteiger partial charge in [0.15, 0.2) is 0 Å². The number of allylic oxidation sites excluding steroid dienone is 1. The van der Waals surface area contributed by atoms with Gasteiger partial charge >= 0.3 is 11.9 Å². The first-order chi connectivity index (χ1) is 14.5. The van der Waals surface area contributed by atoms with Gasteiger partial charge in [0, 0.05) is 10.7 Å². The molecule has 1 atom stereocenters. The van der Waals surface area contributed by atoms with Crippen LogP contribution in [0.1, 0.15) is 39.2 Å². The zero-order valence-corrected chi connectivity index (χ0v) is 19.1. The van der Waals surface area contributed by atoms with Crippen molar-refractivity contribution in [1.82, 2.24) is 5.32 Å². The molecule has 0 aromatic heterocycles. The van der Waals surface area contributed by atoms with Crippen molar-refractivity contribution >= 4 is 23.5 Å². The normalized spacial score (nSPS) is 15.8. The molecule has 0 radical (unpaired) electrons. The maximum atomic E-state index is 12.9. The lowest BCUT2D eigenvalue weighted by atomic mass is 9.80. The van der Waals surface area contributed by atoms with Gasteiger partial charge in [-0.15, -0.1) is 0 Å². The Hall–Kier alpha value is -2.35. The van der Waals surface area contributed by atoms with Gasteiger partial charge in [-0.1, -0.05) is 43.6 Å². The highest BCUT2D eigenvalue weighted by atomic mass is 35.5. The molecule has 30 heavy (non-hydrogen) atoms. The Kier molecular flexibility index (Phi) is 11.2. The van der Waals surface area contributed by atoms with E-state index in [1.807, 2.05) is 13.8 Å². The first-order valence-electron chi connectivity index (χ1n) is 10.0. The van der Waals surface area contributed by atoms with Crippen LogP contribution in [0.2, 0.25) is 5.02 Å². The van der Waals surface area contributed by atoms with Crippen LogP contribution in [-0.4, -0.2) is 45.4 Å². The molecule has 1 heterocycles. The van der Waals surface area contributed by atoms with E-state index in [2.05, 4.69) is 11.1 Å². The summed E-state index contributed by atoms with van der Waals surface area (Å²) in [6.45, 7) is 8.85. The number of benzene rings is 1. The maximum absolute atomic E-state index is 12.9. The van der Waals surface area contributed by atoms with Crippen LogP contribution in [0.5, 0.6) is 0 Å². The Balaban J connectivity index is 0.00000218. The molecule has 0 aliphatic carbocycles. The van der Waals surface area contributed by atoms with Crippen LogP contribution in [0.25, 0.3) is 0 Å². The number of carbonyl (C=O) groups is 2. The molecule has 8 heteroatoms. The number of quaternary nitrogens is 1. The molecule has 1 unspecified atom stereocenters. The van der Waals surface area contributed by atoms with Gasteiger partial charge in [0.1, 0.15) is 0 Å². The third-order valence-corrected chi connectivity index (χ3v) is 4.64. The fraction of sp³-hybridized carbons (Fsp3) is 0.455. The minimum absolute atomic E-state index is 0.149. The lowest BCUT2D eigenvalue weighted by molar-refractivity contribution is -0.373. The Morgan fingerprint density at radius 3 is 2.40 bits per heavy atom. The number of rotatable bonds is 8. The molecule has 2 rings (SSSR count). The Morgan fingerprint density at radius 2 is 1.83 bits per heavy atom. The van der Waals surface area contributed by atoms with Crippen LogP contribution < -0.4 is 11.1 Å². The third kappa shape index (κ3) is 6.08.